The maximum atomic E-state index is 13.8. The number of benzene rings is 3. The Morgan fingerprint density at radius 2 is 1.83 bits per heavy atom. The molecule has 220 valence electrons. The fourth-order valence-electron chi connectivity index (χ4n) is 5.23. The number of amidine groups is 2. The first kappa shape index (κ1) is 28.9. The first-order chi connectivity index (χ1) is 20.1. The minimum atomic E-state index is -4.25. The van der Waals surface area contributed by atoms with Gasteiger partial charge in [0.05, 0.1) is 24.7 Å². The van der Waals surface area contributed by atoms with Gasteiger partial charge >= 0.3 is 5.97 Å². The number of piperidine rings is 1. The number of anilines is 1. The average Bonchev–Trinajstić information content (AvgIpc) is 2.98. The highest BCUT2D eigenvalue weighted by Gasteiger charge is 2.38. The number of sulfonamides is 1. The Morgan fingerprint density at radius 3 is 2.52 bits per heavy atom. The summed E-state index contributed by atoms with van der Waals surface area (Å²) in [5.74, 6) is 0.150. The highest BCUT2D eigenvalue weighted by Crippen LogP contribution is 2.38. The van der Waals surface area contributed by atoms with Crippen LogP contribution in [0, 0.1) is 5.41 Å². The fraction of sp³-hybridized carbons (Fsp3) is 0.300. The smallest absolute Gasteiger partial charge is 0.351 e. The molecule has 0 amide bonds. The van der Waals surface area contributed by atoms with Gasteiger partial charge in [0.2, 0.25) is 0 Å². The van der Waals surface area contributed by atoms with Crippen LogP contribution in [-0.4, -0.2) is 62.0 Å². The van der Waals surface area contributed by atoms with Crippen LogP contribution < -0.4 is 14.8 Å². The molecule has 42 heavy (non-hydrogen) atoms. The van der Waals surface area contributed by atoms with Gasteiger partial charge in [-0.05, 0) is 66.6 Å². The maximum absolute atomic E-state index is 13.8. The third-order valence-corrected chi connectivity index (χ3v) is 9.20. The van der Waals surface area contributed by atoms with Crippen molar-refractivity contribution >= 4 is 50.2 Å². The first-order valence-electron chi connectivity index (χ1n) is 13.6. The normalized spacial score (nSPS) is 17.0. The van der Waals surface area contributed by atoms with Crippen LogP contribution in [0.15, 0.2) is 64.7 Å². The number of nitrogens with zero attached hydrogens (tertiary/aromatic N) is 3. The second-order valence-electron chi connectivity index (χ2n) is 10.2. The lowest BCUT2D eigenvalue weighted by Gasteiger charge is -2.33. The summed E-state index contributed by atoms with van der Waals surface area (Å²) in [5, 5.41) is 21.6. The van der Waals surface area contributed by atoms with Crippen LogP contribution in [-0.2, 0) is 26.1 Å². The number of ether oxygens (including phenoxy) is 2. The lowest BCUT2D eigenvalue weighted by Crippen LogP contribution is -2.40. The summed E-state index contributed by atoms with van der Waals surface area (Å²) in [7, 11) is -4.25. The van der Waals surface area contributed by atoms with Crippen molar-refractivity contribution in [2.45, 2.75) is 39.3 Å². The van der Waals surface area contributed by atoms with Crippen molar-refractivity contribution < 1.29 is 27.9 Å². The van der Waals surface area contributed by atoms with Gasteiger partial charge in [-0.3, -0.25) is 9.71 Å². The standard InChI is InChI=1S/C30H33N5O6S/c1-3-40-30(36)28-17-24-16-26(41-25-10-12-34(13-11-25)19(2)31)8-9-27(24)35(42(28,38)39)18-20-4-5-21-6-7-22(29(32)33-37)15-23(21)14-20/h4-9,14-17,25,31,37H,3,10-13,18H2,1-2H3,(H2,32,33). The third-order valence-electron chi connectivity index (χ3n) is 7.45. The van der Waals surface area contributed by atoms with E-state index < -0.39 is 20.9 Å². The Bertz CT molecular complexity index is 1710. The van der Waals surface area contributed by atoms with E-state index in [9.17, 15) is 13.2 Å². The van der Waals surface area contributed by atoms with Gasteiger partial charge in [0.15, 0.2) is 10.7 Å². The summed E-state index contributed by atoms with van der Waals surface area (Å²) in [6.45, 7) is 4.84. The number of rotatable bonds is 7. The number of likely N-dealkylation sites (tertiary alicyclic amines) is 1. The average molecular weight is 592 g/mol. The molecule has 0 aliphatic carbocycles. The maximum Gasteiger partial charge on any atom is 0.351 e. The summed E-state index contributed by atoms with van der Waals surface area (Å²) >= 11 is 0. The molecule has 4 N–H and O–H groups in total. The highest BCUT2D eigenvalue weighted by atomic mass is 32.2. The zero-order chi connectivity index (χ0) is 30.0. The number of carbonyl (C=O) groups is 1. The van der Waals surface area contributed by atoms with Crippen LogP contribution in [0.2, 0.25) is 0 Å². The van der Waals surface area contributed by atoms with E-state index >= 15 is 0 Å². The van der Waals surface area contributed by atoms with E-state index in [2.05, 4.69) is 5.16 Å². The summed E-state index contributed by atoms with van der Waals surface area (Å²) in [4.78, 5) is 14.4. The van der Waals surface area contributed by atoms with Crippen molar-refractivity contribution in [1.29, 1.82) is 5.41 Å². The van der Waals surface area contributed by atoms with E-state index in [0.717, 1.165) is 36.7 Å². The minimum Gasteiger partial charge on any atom is -0.490 e. The number of nitrogens with two attached hydrogens (primary N) is 1. The van der Waals surface area contributed by atoms with Crippen LogP contribution >= 0.6 is 0 Å². The fourth-order valence-corrected chi connectivity index (χ4v) is 6.76. The molecular formula is C30H33N5O6S. The second-order valence-corrected chi connectivity index (χ2v) is 12.1. The van der Waals surface area contributed by atoms with E-state index in [4.69, 9.17) is 25.8 Å². The van der Waals surface area contributed by atoms with E-state index in [1.807, 2.05) is 29.2 Å². The number of hydrogen-bond acceptors (Lipinski definition) is 8. The lowest BCUT2D eigenvalue weighted by atomic mass is 10.0. The molecular weight excluding hydrogens is 558 g/mol. The van der Waals surface area contributed by atoms with E-state index in [-0.39, 0.29) is 25.1 Å². The van der Waals surface area contributed by atoms with Crippen molar-refractivity contribution in [2.24, 2.45) is 10.9 Å². The van der Waals surface area contributed by atoms with Crippen molar-refractivity contribution in [3.63, 3.8) is 0 Å². The molecule has 0 bridgehead atoms. The molecule has 1 fully saturated rings. The molecule has 1 saturated heterocycles. The van der Waals surface area contributed by atoms with Crippen LogP contribution in [0.25, 0.3) is 16.8 Å². The van der Waals surface area contributed by atoms with Crippen LogP contribution in [0.1, 0.15) is 43.4 Å². The SMILES string of the molecule is CCOC(=O)C1=Cc2cc(OC3CCN(C(C)=N)CC3)ccc2N(Cc2ccc3ccc(/C(N)=N\O)cc3c2)S1(=O)=O. The Morgan fingerprint density at radius 1 is 1.10 bits per heavy atom. The zero-order valence-corrected chi connectivity index (χ0v) is 24.2. The second kappa shape index (κ2) is 11.7. The number of fused-ring (bicyclic) bond motifs is 2. The Kier molecular flexibility index (Phi) is 8.08. The number of esters is 1. The monoisotopic (exact) mass is 591 g/mol. The number of hydrogen-bond donors (Lipinski definition) is 3. The van der Waals surface area contributed by atoms with Gasteiger partial charge in [0, 0.05) is 37.1 Å². The predicted octanol–water partition coefficient (Wildman–Crippen LogP) is 4.03. The van der Waals surface area contributed by atoms with Crippen molar-refractivity contribution in [2.75, 3.05) is 24.0 Å². The number of carbonyl (C=O) groups excluding carboxylic acids is 1. The third kappa shape index (κ3) is 5.75. The first-order valence-corrected chi connectivity index (χ1v) is 15.1. The molecule has 0 radical (unpaired) electrons. The summed E-state index contributed by atoms with van der Waals surface area (Å²) in [5.41, 5.74) is 7.89. The molecule has 12 heteroatoms. The molecule has 0 saturated carbocycles. The van der Waals surface area contributed by atoms with Crippen molar-refractivity contribution in [3.8, 4) is 5.75 Å². The molecule has 2 aliphatic heterocycles. The molecule has 0 aromatic heterocycles. The molecule has 3 aromatic carbocycles. The topological polar surface area (TPSA) is 159 Å². The van der Waals surface area contributed by atoms with Gasteiger partial charge in [-0.1, -0.05) is 29.4 Å². The number of oxime groups is 1. The van der Waals surface area contributed by atoms with Gasteiger partial charge in [-0.2, -0.15) is 0 Å². The lowest BCUT2D eigenvalue weighted by molar-refractivity contribution is -0.137. The molecule has 2 aliphatic rings. The molecule has 2 heterocycles. The van der Waals surface area contributed by atoms with E-state index in [1.54, 1.807) is 44.2 Å². The Labute approximate surface area is 244 Å². The van der Waals surface area contributed by atoms with Crippen LogP contribution in [0.3, 0.4) is 0 Å². The largest absolute Gasteiger partial charge is 0.490 e. The van der Waals surface area contributed by atoms with Crippen LogP contribution in [0.4, 0.5) is 5.69 Å². The van der Waals surface area contributed by atoms with Gasteiger partial charge in [0.25, 0.3) is 10.0 Å². The van der Waals surface area contributed by atoms with E-state index in [0.29, 0.717) is 34.0 Å². The van der Waals surface area contributed by atoms with Crippen molar-refractivity contribution in [3.05, 3.63) is 76.2 Å². The molecule has 5 rings (SSSR count). The van der Waals surface area contributed by atoms with Crippen molar-refractivity contribution in [1.82, 2.24) is 4.90 Å². The van der Waals surface area contributed by atoms with Gasteiger partial charge in [-0.25, -0.2) is 13.2 Å². The molecule has 0 unspecified atom stereocenters. The predicted molar refractivity (Wildman–Crippen MR) is 161 cm³/mol. The highest BCUT2D eigenvalue weighted by molar-refractivity contribution is 7.97. The zero-order valence-electron chi connectivity index (χ0n) is 23.4. The summed E-state index contributed by atoms with van der Waals surface area (Å²) in [6, 6.07) is 16.0. The summed E-state index contributed by atoms with van der Waals surface area (Å²) in [6.07, 6.45) is 2.83. The van der Waals surface area contributed by atoms with Gasteiger partial charge < -0.3 is 25.3 Å². The molecule has 11 nitrogen and oxygen atoms in total. The Hall–Kier alpha value is -4.58. The van der Waals surface area contributed by atoms with E-state index in [1.165, 1.54) is 10.4 Å². The number of nitrogens with one attached hydrogen (secondary N) is 1. The summed E-state index contributed by atoms with van der Waals surface area (Å²) < 4.78 is 40.1. The van der Waals surface area contributed by atoms with Crippen LogP contribution in [0.5, 0.6) is 5.75 Å². The van der Waals surface area contributed by atoms with Gasteiger partial charge in [0.1, 0.15) is 11.9 Å². The van der Waals surface area contributed by atoms with Gasteiger partial charge in [-0.15, -0.1) is 0 Å². The minimum absolute atomic E-state index is 0.0307. The molecule has 0 spiro atoms. The molecule has 3 aromatic rings. The Balaban J connectivity index is 1.49. The quantitative estimate of drug-likeness (QED) is 0.122. The molecule has 0 atom stereocenters.